The van der Waals surface area contributed by atoms with Gasteiger partial charge in [-0.25, -0.2) is 16.7 Å². The van der Waals surface area contributed by atoms with E-state index in [1.54, 1.807) is 0 Å². The molecule has 344 valence electrons. The quantitative estimate of drug-likeness (QED) is 0.0642. The van der Waals surface area contributed by atoms with Gasteiger partial charge in [0.1, 0.15) is 85.5 Å². The lowest BCUT2D eigenvalue weighted by atomic mass is 9.96. The highest BCUT2D eigenvalue weighted by molar-refractivity contribution is 7.81. The van der Waals surface area contributed by atoms with Crippen molar-refractivity contribution >= 4 is 41.6 Å². The van der Waals surface area contributed by atoms with Crippen LogP contribution in [-0.2, 0) is 101 Å². The van der Waals surface area contributed by atoms with E-state index in [9.17, 15) is 82.5 Å². The van der Waals surface area contributed by atoms with Crippen LogP contribution in [0.25, 0.3) is 0 Å². The van der Waals surface area contributed by atoms with Gasteiger partial charge >= 0.3 is 41.6 Å². The molecule has 31 nitrogen and oxygen atoms in total. The van der Waals surface area contributed by atoms with Crippen LogP contribution in [0.3, 0.4) is 0 Å². The highest BCUT2D eigenvalue weighted by atomic mass is 32.3. The third kappa shape index (κ3) is 11.0. The van der Waals surface area contributed by atoms with Crippen LogP contribution in [0.15, 0.2) is 0 Å². The number of ether oxygens (including phenoxy) is 9. The molecule has 6 saturated heterocycles. The molecule has 4 bridgehead atoms. The van der Waals surface area contributed by atoms with Crippen LogP contribution >= 0.6 is 0 Å². The molecule has 0 aromatic rings. The lowest BCUT2D eigenvalue weighted by Crippen LogP contribution is -2.66. The fourth-order valence-electron chi connectivity index (χ4n) is 7.20. The third-order valence-corrected chi connectivity index (χ3v) is 11.4. The molecule has 0 aromatic heterocycles. The van der Waals surface area contributed by atoms with E-state index in [4.69, 9.17) is 46.8 Å². The maximum absolute atomic E-state index is 12.0. The molecule has 1 unspecified atom stereocenters. The van der Waals surface area contributed by atoms with E-state index < -0.39 is 191 Å². The predicted molar refractivity (Wildman–Crippen MR) is 169 cm³/mol. The Bertz CT molecular complexity index is 1920. The Morgan fingerprint density at radius 3 is 1.36 bits per heavy atom. The zero-order valence-electron chi connectivity index (χ0n) is 29.1. The highest BCUT2D eigenvalue weighted by Crippen LogP contribution is 2.41. The van der Waals surface area contributed by atoms with E-state index in [1.807, 2.05) is 0 Å². The molecule has 6 rings (SSSR count). The van der Waals surface area contributed by atoms with Crippen LogP contribution in [0, 0.1) is 0 Å². The molecule has 0 saturated carbocycles. The molecule has 6 heterocycles. The van der Waals surface area contributed by atoms with Gasteiger partial charge in [-0.2, -0.15) is 33.7 Å². The molecule has 0 spiro atoms. The van der Waals surface area contributed by atoms with Crippen molar-refractivity contribution in [2.45, 2.75) is 123 Å². The van der Waals surface area contributed by atoms with Crippen molar-refractivity contribution in [2.75, 3.05) is 26.4 Å². The van der Waals surface area contributed by atoms with Crippen molar-refractivity contribution in [3.05, 3.63) is 0 Å². The van der Waals surface area contributed by atoms with Gasteiger partial charge < -0.3 is 73.3 Å². The van der Waals surface area contributed by atoms with Gasteiger partial charge in [0.05, 0.1) is 26.4 Å². The van der Waals surface area contributed by atoms with Crippen molar-refractivity contribution in [1.82, 2.24) is 0 Å². The normalized spacial score (nSPS) is 45.7. The van der Waals surface area contributed by atoms with Crippen LogP contribution in [0.5, 0.6) is 0 Å². The summed E-state index contributed by atoms with van der Waals surface area (Å²) in [7, 11) is -21.8. The van der Waals surface area contributed by atoms with E-state index in [-0.39, 0.29) is 0 Å². The minimum absolute atomic E-state index is 0.393. The lowest BCUT2D eigenvalue weighted by molar-refractivity contribution is -0.368. The predicted octanol–water partition coefficient (Wildman–Crippen LogP) is -8.35. The van der Waals surface area contributed by atoms with E-state index in [2.05, 4.69) is 12.5 Å². The second-order valence-electron chi connectivity index (χ2n) is 13.4. The summed E-state index contributed by atoms with van der Waals surface area (Å²) in [5.74, 6) is 0. The van der Waals surface area contributed by atoms with Gasteiger partial charge in [-0.15, -0.1) is 0 Å². The largest absolute Gasteiger partial charge is 0.397 e. The Kier molecular flexibility index (Phi) is 14.3. The Labute approximate surface area is 332 Å². The van der Waals surface area contributed by atoms with Gasteiger partial charge in [0.2, 0.25) is 0 Å². The number of rotatable bonds is 16. The summed E-state index contributed by atoms with van der Waals surface area (Å²) in [5, 5.41) is 62.7. The summed E-state index contributed by atoms with van der Waals surface area (Å²) < 4.78 is 200. The molecule has 0 radical (unpaired) electrons. The molecule has 6 fully saturated rings. The Hall–Kier alpha value is -1.12. The molecular weight excluding hydrogens is 913 g/mol. The summed E-state index contributed by atoms with van der Waals surface area (Å²) in [4.78, 5) is 0. The zero-order chi connectivity index (χ0) is 43.6. The summed E-state index contributed by atoms with van der Waals surface area (Å²) in [6.45, 7) is -3.32. The Morgan fingerprint density at radius 2 is 0.847 bits per heavy atom. The van der Waals surface area contributed by atoms with Crippen LogP contribution in [0.2, 0.25) is 0 Å². The van der Waals surface area contributed by atoms with Crippen LogP contribution in [0.1, 0.15) is 0 Å². The molecular formula is C24H38O31S4. The standard InChI is InChI=1S/C24H38O31S4/c25-1-5-13(52-56(31,32)33)16(10(28)21(30)45-5)50-24-20(55-59(40,41)42)18-12(8(48-24)4-44-18)49-22-11(29)17(14(6(2-26)46-22)53-57(34,35)36)51-23-19(54-58(37,38)39)15-9(27)7(47-23)3-43-15/h5-30H,1-4H2,(H,31,32,33)(H,34,35,36)(H,37,38,39)(H,40,41,42)/t5-,6-,7-,8-,9+,10-,11-,12+,13+,14+,15+,16-,17-,18+,19-,20-,21?,22+,23-,24-/m1/s1. The maximum atomic E-state index is 12.0. The minimum Gasteiger partial charge on any atom is -0.394 e. The van der Waals surface area contributed by atoms with Crippen molar-refractivity contribution in [3.63, 3.8) is 0 Å². The topological polar surface area (TPSA) is 459 Å². The minimum atomic E-state index is -5.54. The monoisotopic (exact) mass is 950 g/mol. The van der Waals surface area contributed by atoms with Gasteiger partial charge in [-0.3, -0.25) is 18.2 Å². The van der Waals surface area contributed by atoms with Gasteiger partial charge in [0, 0.05) is 0 Å². The van der Waals surface area contributed by atoms with Gasteiger partial charge in [-0.1, -0.05) is 0 Å². The average Bonchev–Trinajstić information content (AvgIpc) is 3.54. The molecule has 0 aromatic carbocycles. The lowest BCUT2D eigenvalue weighted by Gasteiger charge is -2.48. The summed E-state index contributed by atoms with van der Waals surface area (Å²) in [6, 6.07) is 0. The molecule has 10 N–H and O–H groups in total. The molecule has 0 amide bonds. The van der Waals surface area contributed by atoms with Crippen molar-refractivity contribution in [3.8, 4) is 0 Å². The summed E-state index contributed by atoms with van der Waals surface area (Å²) >= 11 is 0. The van der Waals surface area contributed by atoms with E-state index >= 15 is 0 Å². The van der Waals surface area contributed by atoms with Gasteiger partial charge in [0.25, 0.3) is 0 Å². The van der Waals surface area contributed by atoms with Crippen LogP contribution in [-0.4, -0.2) is 232 Å². The summed E-state index contributed by atoms with van der Waals surface area (Å²) in [5.41, 5.74) is 0. The molecule has 20 atom stereocenters. The highest BCUT2D eigenvalue weighted by Gasteiger charge is 2.61. The fourth-order valence-corrected chi connectivity index (χ4v) is 9.19. The smallest absolute Gasteiger partial charge is 0.394 e. The number of aliphatic hydroxyl groups is 6. The van der Waals surface area contributed by atoms with E-state index in [0.29, 0.717) is 0 Å². The second kappa shape index (κ2) is 17.8. The Morgan fingerprint density at radius 1 is 0.441 bits per heavy atom. The van der Waals surface area contributed by atoms with E-state index in [1.165, 1.54) is 0 Å². The average molecular weight is 951 g/mol. The zero-order valence-corrected chi connectivity index (χ0v) is 32.3. The fraction of sp³-hybridized carbons (Fsp3) is 1.00. The molecule has 59 heavy (non-hydrogen) atoms. The number of fused-ring (bicyclic) bond motifs is 4. The molecule has 6 aliphatic rings. The van der Waals surface area contributed by atoms with E-state index in [0.717, 1.165) is 0 Å². The number of hydrogen-bond donors (Lipinski definition) is 10. The maximum Gasteiger partial charge on any atom is 0.397 e. The third-order valence-electron chi connectivity index (χ3n) is 9.53. The van der Waals surface area contributed by atoms with Crippen LogP contribution < -0.4 is 0 Å². The molecule has 0 aliphatic carbocycles. The van der Waals surface area contributed by atoms with Gasteiger partial charge in [0.15, 0.2) is 37.4 Å². The first-order valence-corrected chi connectivity index (χ1v) is 22.1. The second-order valence-corrected chi connectivity index (χ2v) is 17.6. The Balaban J connectivity index is 1.28. The first kappa shape index (κ1) is 47.4. The van der Waals surface area contributed by atoms with Crippen LogP contribution in [0.4, 0.5) is 0 Å². The summed E-state index contributed by atoms with van der Waals surface area (Å²) in [6.07, 6.45) is -39.9. The first-order valence-electron chi connectivity index (χ1n) is 16.7. The van der Waals surface area contributed by atoms with Crippen molar-refractivity contribution in [2.24, 2.45) is 0 Å². The number of aliphatic hydroxyl groups excluding tert-OH is 6. The van der Waals surface area contributed by atoms with Crippen molar-refractivity contribution < 1.29 is 142 Å². The molecule has 6 aliphatic heterocycles. The van der Waals surface area contributed by atoms with Gasteiger partial charge in [-0.05, 0) is 0 Å². The SMILES string of the molecule is O=S(=O)(O)O[C@@H]1[C@H](O[C@H]2O[C@@H]3CO[C@@H]([C@H]3O)[C@H]2OS(=O)(=O)O)[C@@H](O)[C@H](O[C@@H]2[C@@H]3OC[C@H]2O[C@H](O[C@H]2[C@@H](OS(=O)(=O)O)[C@@H](CO)OC(O)[C@@H]2O)[C@@H]3OS(=O)(=O)O)O[C@@H]1CO. The number of hydrogen-bond acceptors (Lipinski definition) is 27. The first-order chi connectivity index (χ1) is 27.3. The van der Waals surface area contributed by atoms with Crippen molar-refractivity contribution in [1.29, 1.82) is 0 Å². The molecule has 35 heteroatoms.